The second-order valence-corrected chi connectivity index (χ2v) is 28.3. The van der Waals surface area contributed by atoms with E-state index in [1.54, 1.807) is 0 Å². The molecule has 101 heavy (non-hydrogen) atoms. The van der Waals surface area contributed by atoms with Crippen molar-refractivity contribution in [3.8, 4) is 0 Å². The summed E-state index contributed by atoms with van der Waals surface area (Å²) in [5.74, 6) is -1.61. The van der Waals surface area contributed by atoms with Gasteiger partial charge in [-0.05, 0) is 141 Å². The van der Waals surface area contributed by atoms with Crippen LogP contribution in [0.3, 0.4) is 0 Å². The third kappa shape index (κ3) is 76.1. The fourth-order valence-corrected chi connectivity index (χ4v) is 11.5. The van der Waals surface area contributed by atoms with Crippen molar-refractivity contribution in [3.05, 3.63) is 158 Å². The van der Waals surface area contributed by atoms with Gasteiger partial charge in [-0.1, -0.05) is 288 Å². The maximum absolute atomic E-state index is 12.9. The average molecular weight is 1450 g/mol. The van der Waals surface area contributed by atoms with Crippen LogP contribution >= 0.6 is 15.6 Å². The number of aliphatic hydroxyl groups is 2. The summed E-state index contributed by atoms with van der Waals surface area (Å²) in [6, 6.07) is 0. The Bertz CT molecular complexity index is 2470. The Balaban J connectivity index is 4.54. The van der Waals surface area contributed by atoms with Crippen molar-refractivity contribution in [1.29, 1.82) is 0 Å². The molecule has 0 saturated carbocycles. The summed E-state index contributed by atoms with van der Waals surface area (Å²) in [6.07, 6.45) is 92.9. The van der Waals surface area contributed by atoms with Gasteiger partial charge in [0, 0.05) is 19.3 Å². The number of esters is 3. The van der Waals surface area contributed by atoms with Crippen LogP contribution in [0.5, 0.6) is 0 Å². The van der Waals surface area contributed by atoms with Crippen molar-refractivity contribution < 1.29 is 75.8 Å². The average Bonchev–Trinajstić information content (AvgIpc) is 0.933. The maximum atomic E-state index is 12.9. The fourth-order valence-electron chi connectivity index (χ4n) is 9.87. The highest BCUT2D eigenvalue weighted by Crippen LogP contribution is 2.45. The molecule has 4 N–H and O–H groups in total. The highest BCUT2D eigenvalue weighted by Gasteiger charge is 2.29. The smallest absolute Gasteiger partial charge is 0.463 e. The number of allylic oxidation sites excluding steroid dienone is 26. The number of carbonyl (C=O) groups is 3. The van der Waals surface area contributed by atoms with E-state index in [0.29, 0.717) is 19.3 Å². The van der Waals surface area contributed by atoms with Gasteiger partial charge in [0.1, 0.15) is 25.4 Å². The first-order chi connectivity index (χ1) is 49.2. The van der Waals surface area contributed by atoms with Gasteiger partial charge in [0.25, 0.3) is 0 Å². The summed E-state index contributed by atoms with van der Waals surface area (Å²) in [6.45, 7) is 2.34. The lowest BCUT2D eigenvalue weighted by Gasteiger charge is -2.21. The van der Waals surface area contributed by atoms with Crippen molar-refractivity contribution in [2.45, 2.75) is 309 Å². The zero-order valence-corrected chi connectivity index (χ0v) is 64.6. The van der Waals surface area contributed by atoms with Crippen molar-refractivity contribution in [2.24, 2.45) is 0 Å². The monoisotopic (exact) mass is 1450 g/mol. The highest BCUT2D eigenvalue weighted by molar-refractivity contribution is 7.47. The fraction of sp³-hybridized carbons (Fsp3) is 0.651. The summed E-state index contributed by atoms with van der Waals surface area (Å²) < 4.78 is 61.1. The van der Waals surface area contributed by atoms with Gasteiger partial charge in [-0.15, -0.1) is 0 Å². The number of hydrogen-bond acceptors (Lipinski definition) is 14. The van der Waals surface area contributed by atoms with E-state index in [1.807, 2.05) is 0 Å². The third-order valence-electron chi connectivity index (χ3n) is 15.7. The van der Waals surface area contributed by atoms with Crippen molar-refractivity contribution >= 4 is 33.6 Å². The minimum Gasteiger partial charge on any atom is -0.463 e. The van der Waals surface area contributed by atoms with Gasteiger partial charge < -0.3 is 34.2 Å². The molecule has 0 aromatic heterocycles. The van der Waals surface area contributed by atoms with Crippen LogP contribution in [0.25, 0.3) is 0 Å². The second kappa shape index (κ2) is 74.9. The van der Waals surface area contributed by atoms with Gasteiger partial charge in [0.05, 0.1) is 26.4 Å². The van der Waals surface area contributed by atoms with Crippen molar-refractivity contribution in [2.75, 3.05) is 39.6 Å². The Labute approximate surface area is 612 Å². The first kappa shape index (κ1) is 96.2. The summed E-state index contributed by atoms with van der Waals surface area (Å²) in [7, 11) is -9.80. The maximum Gasteiger partial charge on any atom is 0.472 e. The Morgan fingerprint density at radius 2 is 0.525 bits per heavy atom. The number of phosphoric acid groups is 2. The molecular formula is C83H138O16P2. The van der Waals surface area contributed by atoms with E-state index in [1.165, 1.54) is 32.1 Å². The van der Waals surface area contributed by atoms with Gasteiger partial charge in [0.2, 0.25) is 0 Å². The van der Waals surface area contributed by atoms with E-state index in [2.05, 4.69) is 179 Å². The number of rotatable bonds is 72. The molecule has 0 radical (unpaired) electrons. The Morgan fingerprint density at radius 3 is 0.832 bits per heavy atom. The van der Waals surface area contributed by atoms with Crippen LogP contribution in [0.2, 0.25) is 0 Å². The van der Waals surface area contributed by atoms with Crippen LogP contribution in [-0.2, 0) is 55.8 Å². The number of carbonyl (C=O) groups excluding carboxylic acids is 3. The van der Waals surface area contributed by atoms with Gasteiger partial charge in [-0.2, -0.15) is 0 Å². The highest BCUT2D eigenvalue weighted by atomic mass is 31.2. The molecule has 16 nitrogen and oxygen atoms in total. The van der Waals surface area contributed by atoms with Gasteiger partial charge >= 0.3 is 33.6 Å². The minimum absolute atomic E-state index is 0.0813. The standard InChI is InChI=1S/C83H138O16P2/c1-4-7-10-13-16-19-22-25-27-29-31-33-35-36-37-38-39-40-42-44-45-47-49-52-54-57-60-63-66-69-81(86)93-72-78(84)73-95-100(89,90)96-74-79(85)75-97-101(91,92)98-77-80(99-83(88)71-68-65-62-59-56-51-24-21-18-15-12-9-6-3)76-94-82(87)70-67-64-61-58-55-53-50-48-46-43-41-34-32-30-28-26-23-20-17-14-11-8-5-2/h7-8,10-12,15-17,19-21,24-28,31-34,36-37,39-40,43,46,78-80,84-85H,4-6,9,13-14,18,22-23,29-30,35,38,41-42,44-45,47-77H2,1-3H3,(H,89,90)(H,91,92)/b10-7-,11-8-,15-12-,19-16-,20-17-,24-21-,27-25-,28-26-,33-31-,34-32-,37-36-,40-39-,46-43-. The molecule has 0 bridgehead atoms. The van der Waals surface area contributed by atoms with E-state index in [-0.39, 0.29) is 19.3 Å². The van der Waals surface area contributed by atoms with Crippen LogP contribution in [0.15, 0.2) is 158 Å². The number of ether oxygens (including phenoxy) is 3. The first-order valence-corrected chi connectivity index (χ1v) is 41.8. The molecule has 0 saturated heterocycles. The van der Waals surface area contributed by atoms with Crippen LogP contribution in [0.1, 0.15) is 290 Å². The molecule has 0 aliphatic carbocycles. The lowest BCUT2D eigenvalue weighted by atomic mass is 10.1. The largest absolute Gasteiger partial charge is 0.472 e. The molecule has 18 heteroatoms. The molecule has 0 aromatic carbocycles. The topological polar surface area (TPSA) is 231 Å². The quantitative estimate of drug-likeness (QED) is 0.0146. The van der Waals surface area contributed by atoms with E-state index in [4.69, 9.17) is 32.3 Å². The van der Waals surface area contributed by atoms with E-state index < -0.39 is 91.5 Å². The molecule has 0 aliphatic heterocycles. The summed E-state index contributed by atoms with van der Waals surface area (Å²) in [4.78, 5) is 58.6. The van der Waals surface area contributed by atoms with Crippen LogP contribution in [0, 0.1) is 0 Å². The number of phosphoric ester groups is 2. The van der Waals surface area contributed by atoms with Gasteiger partial charge in [0.15, 0.2) is 6.10 Å². The SMILES string of the molecule is CC/C=C\C/C=C\C/C=C\C/C=C\C/C=C\C/C=C\CCCCCCCCCCCCC(=O)OCC(O)COP(=O)(O)OCC(O)COP(=O)(O)OCC(COC(=O)CCCCCCCCC/C=C\C/C=C\C/C=C\C/C=C\C/C=C\CC)OC(=O)CCCCCCC/C=C\C/C=C\CCC. The molecule has 0 aliphatic rings. The summed E-state index contributed by atoms with van der Waals surface area (Å²) in [5, 5.41) is 20.6. The lowest BCUT2D eigenvalue weighted by Crippen LogP contribution is -2.30. The molecule has 0 aromatic rings. The normalized spacial score (nSPS) is 14.9. The predicted octanol–water partition coefficient (Wildman–Crippen LogP) is 22.6. The van der Waals surface area contributed by atoms with Crippen LogP contribution in [0.4, 0.5) is 0 Å². The Hall–Kier alpha value is -4.83. The van der Waals surface area contributed by atoms with Crippen LogP contribution in [-0.4, -0.2) is 95.9 Å². The first-order valence-electron chi connectivity index (χ1n) is 38.8. The molecule has 0 fully saturated rings. The van der Waals surface area contributed by atoms with Crippen molar-refractivity contribution in [3.63, 3.8) is 0 Å². The molecule has 576 valence electrons. The molecular weight excluding hydrogens is 1310 g/mol. The van der Waals surface area contributed by atoms with E-state index in [9.17, 15) is 43.5 Å². The second-order valence-electron chi connectivity index (χ2n) is 25.4. The molecule has 5 atom stereocenters. The van der Waals surface area contributed by atoms with E-state index in [0.717, 1.165) is 199 Å². The third-order valence-corrected chi connectivity index (χ3v) is 17.6. The predicted molar refractivity (Wildman–Crippen MR) is 417 cm³/mol. The minimum atomic E-state index is -4.94. The van der Waals surface area contributed by atoms with Crippen molar-refractivity contribution in [1.82, 2.24) is 0 Å². The molecule has 0 amide bonds. The molecule has 0 spiro atoms. The van der Waals surface area contributed by atoms with Crippen LogP contribution < -0.4 is 0 Å². The Morgan fingerprint density at radius 1 is 0.287 bits per heavy atom. The molecule has 0 rings (SSSR count). The number of hydrogen-bond donors (Lipinski definition) is 4. The lowest BCUT2D eigenvalue weighted by molar-refractivity contribution is -0.161. The number of aliphatic hydroxyl groups excluding tert-OH is 2. The zero-order valence-electron chi connectivity index (χ0n) is 62.8. The summed E-state index contributed by atoms with van der Waals surface area (Å²) >= 11 is 0. The van der Waals surface area contributed by atoms with Gasteiger partial charge in [-0.25, -0.2) is 9.13 Å². The zero-order chi connectivity index (χ0) is 73.7. The molecule has 5 unspecified atom stereocenters. The van der Waals surface area contributed by atoms with Gasteiger partial charge in [-0.3, -0.25) is 32.5 Å². The number of unbranched alkanes of at least 4 members (excludes halogenated alkanes) is 23. The summed E-state index contributed by atoms with van der Waals surface area (Å²) in [5.41, 5.74) is 0. The Kier molecular flexibility index (Phi) is 71.3. The molecule has 0 heterocycles. The van der Waals surface area contributed by atoms with E-state index >= 15 is 0 Å².